The number of nitrogens with two attached hydrogens (primary N) is 1. The van der Waals surface area contributed by atoms with Crippen LogP contribution in [0.1, 0.15) is 18.1 Å². The van der Waals surface area contributed by atoms with Crippen molar-refractivity contribution in [2.75, 3.05) is 6.54 Å². The van der Waals surface area contributed by atoms with Gasteiger partial charge in [-0.3, -0.25) is 0 Å². The Morgan fingerprint density at radius 3 is 2.85 bits per heavy atom. The summed E-state index contributed by atoms with van der Waals surface area (Å²) in [6.45, 7) is 0.642. The van der Waals surface area contributed by atoms with E-state index in [9.17, 15) is 5.11 Å². The molecule has 0 saturated carbocycles. The van der Waals surface area contributed by atoms with E-state index in [2.05, 4.69) is 6.07 Å². The van der Waals surface area contributed by atoms with E-state index in [4.69, 9.17) is 5.73 Å². The zero-order chi connectivity index (χ0) is 9.26. The molecule has 2 nitrogen and oxygen atoms in total. The summed E-state index contributed by atoms with van der Waals surface area (Å²) >= 11 is 1.74. The predicted molar refractivity (Wildman–Crippen MR) is 54.7 cm³/mol. The number of benzene rings is 1. The molecule has 70 valence electrons. The first-order valence-corrected chi connectivity index (χ1v) is 5.34. The highest BCUT2D eigenvalue weighted by atomic mass is 32.2. The van der Waals surface area contributed by atoms with Gasteiger partial charge < -0.3 is 10.8 Å². The fourth-order valence-electron chi connectivity index (χ4n) is 1.64. The lowest BCUT2D eigenvalue weighted by molar-refractivity contribution is 0.174. The molecule has 1 aliphatic rings. The monoisotopic (exact) mass is 195 g/mol. The highest BCUT2D eigenvalue weighted by Crippen LogP contribution is 2.44. The van der Waals surface area contributed by atoms with Crippen molar-refractivity contribution < 1.29 is 5.11 Å². The number of aliphatic hydroxyl groups is 1. The van der Waals surface area contributed by atoms with Crippen molar-refractivity contribution in [3.8, 4) is 0 Å². The van der Waals surface area contributed by atoms with Crippen LogP contribution in [0.4, 0.5) is 0 Å². The third kappa shape index (κ3) is 1.59. The lowest BCUT2D eigenvalue weighted by atomic mass is 10.1. The summed E-state index contributed by atoms with van der Waals surface area (Å²) in [5.74, 6) is 0. The number of thioether (sulfide) groups is 1. The maximum atomic E-state index is 9.90. The minimum Gasteiger partial charge on any atom is -0.387 e. The molecular weight excluding hydrogens is 182 g/mol. The van der Waals surface area contributed by atoms with Crippen LogP contribution < -0.4 is 5.73 Å². The molecule has 0 saturated heterocycles. The second-order valence-corrected chi connectivity index (χ2v) is 4.50. The number of hydrogen-bond acceptors (Lipinski definition) is 3. The molecule has 1 aromatic carbocycles. The van der Waals surface area contributed by atoms with Gasteiger partial charge in [-0.1, -0.05) is 18.2 Å². The topological polar surface area (TPSA) is 46.2 Å². The first-order chi connectivity index (χ1) is 6.33. The standard InChI is InChI=1S/C10H13NOS/c11-6-5-9-10(12)7-3-1-2-4-8(7)13-9/h1-4,9-10,12H,5-6,11H2. The van der Waals surface area contributed by atoms with E-state index in [0.29, 0.717) is 6.54 Å². The molecule has 2 unspecified atom stereocenters. The normalized spacial score (nSPS) is 26.0. The molecule has 0 spiro atoms. The van der Waals surface area contributed by atoms with Crippen LogP contribution in [0.5, 0.6) is 0 Å². The average Bonchev–Trinajstić information content (AvgIpc) is 2.46. The molecule has 1 aliphatic heterocycles. The van der Waals surface area contributed by atoms with E-state index in [0.717, 1.165) is 12.0 Å². The fraction of sp³-hybridized carbons (Fsp3) is 0.400. The largest absolute Gasteiger partial charge is 0.387 e. The number of aliphatic hydroxyl groups excluding tert-OH is 1. The third-order valence-corrected chi connectivity index (χ3v) is 3.74. The summed E-state index contributed by atoms with van der Waals surface area (Å²) in [7, 11) is 0. The lowest BCUT2D eigenvalue weighted by Gasteiger charge is -2.11. The van der Waals surface area contributed by atoms with Crippen molar-refractivity contribution in [2.24, 2.45) is 5.73 Å². The van der Waals surface area contributed by atoms with Crippen molar-refractivity contribution in [1.82, 2.24) is 0 Å². The van der Waals surface area contributed by atoms with Gasteiger partial charge in [0.1, 0.15) is 0 Å². The molecule has 2 atom stereocenters. The van der Waals surface area contributed by atoms with Crippen molar-refractivity contribution >= 4 is 11.8 Å². The Balaban J connectivity index is 2.22. The van der Waals surface area contributed by atoms with Crippen LogP contribution in [0.25, 0.3) is 0 Å². The molecule has 0 amide bonds. The maximum Gasteiger partial charge on any atom is 0.0923 e. The van der Waals surface area contributed by atoms with Gasteiger partial charge in [-0.05, 0) is 24.6 Å². The molecule has 1 aromatic rings. The van der Waals surface area contributed by atoms with Gasteiger partial charge in [0, 0.05) is 10.1 Å². The molecule has 1 heterocycles. The lowest BCUT2D eigenvalue weighted by Crippen LogP contribution is -2.14. The summed E-state index contributed by atoms with van der Waals surface area (Å²) in [6, 6.07) is 8.01. The molecule has 3 heteroatoms. The van der Waals surface area contributed by atoms with Crippen LogP contribution in [-0.4, -0.2) is 16.9 Å². The molecule has 0 bridgehead atoms. The number of hydrogen-bond donors (Lipinski definition) is 2. The zero-order valence-corrected chi connectivity index (χ0v) is 8.13. The SMILES string of the molecule is NCCC1Sc2ccccc2C1O. The quantitative estimate of drug-likeness (QED) is 0.752. The predicted octanol–water partition coefficient (Wildman–Crippen LogP) is 1.54. The minimum absolute atomic E-state index is 0.252. The molecule has 2 rings (SSSR count). The molecule has 13 heavy (non-hydrogen) atoms. The molecule has 0 fully saturated rings. The van der Waals surface area contributed by atoms with E-state index >= 15 is 0 Å². The van der Waals surface area contributed by atoms with Crippen molar-refractivity contribution in [3.63, 3.8) is 0 Å². The summed E-state index contributed by atoms with van der Waals surface area (Å²) in [4.78, 5) is 1.20. The van der Waals surface area contributed by atoms with Crippen LogP contribution in [0, 0.1) is 0 Å². The minimum atomic E-state index is -0.329. The van der Waals surface area contributed by atoms with Crippen LogP contribution in [0.15, 0.2) is 29.2 Å². The molecular formula is C10H13NOS. The van der Waals surface area contributed by atoms with Gasteiger partial charge in [0.05, 0.1) is 6.10 Å². The number of fused-ring (bicyclic) bond motifs is 1. The van der Waals surface area contributed by atoms with Crippen molar-refractivity contribution in [3.05, 3.63) is 29.8 Å². The first-order valence-electron chi connectivity index (χ1n) is 4.46. The summed E-state index contributed by atoms with van der Waals surface area (Å²) < 4.78 is 0. The Morgan fingerprint density at radius 1 is 1.38 bits per heavy atom. The van der Waals surface area contributed by atoms with Gasteiger partial charge in [-0.15, -0.1) is 11.8 Å². The highest BCUT2D eigenvalue weighted by Gasteiger charge is 2.30. The first kappa shape index (κ1) is 9.06. The van der Waals surface area contributed by atoms with E-state index in [1.54, 1.807) is 11.8 Å². The van der Waals surface area contributed by atoms with Gasteiger partial charge in [-0.25, -0.2) is 0 Å². The van der Waals surface area contributed by atoms with Crippen LogP contribution in [0.3, 0.4) is 0 Å². The molecule has 0 aliphatic carbocycles. The van der Waals surface area contributed by atoms with Gasteiger partial charge in [0.2, 0.25) is 0 Å². The second-order valence-electron chi connectivity index (χ2n) is 3.22. The molecule has 3 N–H and O–H groups in total. The molecule has 0 radical (unpaired) electrons. The fourth-order valence-corrected chi connectivity index (χ4v) is 2.98. The summed E-state index contributed by atoms with van der Waals surface area (Å²) in [5, 5.41) is 10.1. The van der Waals surface area contributed by atoms with Gasteiger partial charge >= 0.3 is 0 Å². The van der Waals surface area contributed by atoms with E-state index in [1.165, 1.54) is 4.90 Å². The van der Waals surface area contributed by atoms with Crippen LogP contribution >= 0.6 is 11.8 Å². The van der Waals surface area contributed by atoms with Gasteiger partial charge in [-0.2, -0.15) is 0 Å². The van der Waals surface area contributed by atoms with Crippen LogP contribution in [-0.2, 0) is 0 Å². The maximum absolute atomic E-state index is 9.90. The Morgan fingerprint density at radius 2 is 2.15 bits per heavy atom. The zero-order valence-electron chi connectivity index (χ0n) is 7.31. The van der Waals surface area contributed by atoms with Gasteiger partial charge in [0.15, 0.2) is 0 Å². The van der Waals surface area contributed by atoms with E-state index in [1.807, 2.05) is 18.2 Å². The second kappa shape index (κ2) is 3.70. The van der Waals surface area contributed by atoms with Crippen molar-refractivity contribution in [1.29, 1.82) is 0 Å². The summed E-state index contributed by atoms with van der Waals surface area (Å²) in [6.07, 6.45) is 0.547. The van der Waals surface area contributed by atoms with E-state index in [-0.39, 0.29) is 11.4 Å². The van der Waals surface area contributed by atoms with Crippen LogP contribution in [0.2, 0.25) is 0 Å². The summed E-state index contributed by atoms with van der Waals surface area (Å²) in [5.41, 5.74) is 6.54. The Hall–Kier alpha value is -0.510. The smallest absolute Gasteiger partial charge is 0.0923 e. The molecule has 0 aromatic heterocycles. The van der Waals surface area contributed by atoms with Crippen molar-refractivity contribution in [2.45, 2.75) is 22.7 Å². The highest BCUT2D eigenvalue weighted by molar-refractivity contribution is 8.00. The Kier molecular flexibility index (Phi) is 2.58. The van der Waals surface area contributed by atoms with E-state index < -0.39 is 0 Å². The number of rotatable bonds is 2. The van der Waals surface area contributed by atoms with Gasteiger partial charge in [0.25, 0.3) is 0 Å². The third-order valence-electron chi connectivity index (χ3n) is 2.32. The Bertz CT molecular complexity index is 303. The average molecular weight is 195 g/mol. The Labute approximate surface area is 82.1 Å².